The second-order valence-corrected chi connectivity index (χ2v) is 8.65. The lowest BCUT2D eigenvalue weighted by Crippen LogP contribution is -2.54. The molecule has 0 aliphatic heterocycles. The zero-order chi connectivity index (χ0) is 24.5. The van der Waals surface area contributed by atoms with E-state index in [0.717, 1.165) is 37.1 Å². The van der Waals surface area contributed by atoms with Crippen LogP contribution in [0, 0.1) is 0 Å². The van der Waals surface area contributed by atoms with Crippen LogP contribution >= 0.6 is 24.4 Å². The van der Waals surface area contributed by atoms with Crippen LogP contribution in [0.4, 0.5) is 11.4 Å². The van der Waals surface area contributed by atoms with Crippen molar-refractivity contribution in [2.75, 3.05) is 39.1 Å². The Hall–Kier alpha value is -2.98. The SMILES string of the molecule is COc1ccc(NC(=S)N[C@@H]2CCCC[C@H]2NC(=S)Nc2ccc(OC)c(OC)c2)cc1OC. The van der Waals surface area contributed by atoms with Crippen molar-refractivity contribution in [2.45, 2.75) is 37.8 Å². The number of hydrogen-bond acceptors (Lipinski definition) is 6. The Labute approximate surface area is 211 Å². The molecule has 0 unspecified atom stereocenters. The van der Waals surface area contributed by atoms with Crippen molar-refractivity contribution in [2.24, 2.45) is 0 Å². The van der Waals surface area contributed by atoms with Gasteiger partial charge in [-0.1, -0.05) is 12.8 Å². The van der Waals surface area contributed by atoms with Gasteiger partial charge in [0, 0.05) is 35.6 Å². The summed E-state index contributed by atoms with van der Waals surface area (Å²) in [7, 11) is 6.43. The molecule has 0 saturated heterocycles. The Morgan fingerprint density at radius 3 is 1.38 bits per heavy atom. The monoisotopic (exact) mass is 504 g/mol. The highest BCUT2D eigenvalue weighted by Gasteiger charge is 2.26. The molecule has 2 atom stereocenters. The molecule has 1 fully saturated rings. The molecule has 0 spiro atoms. The third-order valence-corrected chi connectivity index (χ3v) is 6.12. The number of hydrogen-bond donors (Lipinski definition) is 4. The summed E-state index contributed by atoms with van der Waals surface area (Å²) in [6, 6.07) is 11.5. The number of nitrogens with one attached hydrogen (secondary N) is 4. The van der Waals surface area contributed by atoms with Crippen LogP contribution in [0.5, 0.6) is 23.0 Å². The highest BCUT2D eigenvalue weighted by atomic mass is 32.1. The maximum absolute atomic E-state index is 5.58. The van der Waals surface area contributed by atoms with Crippen LogP contribution in [-0.4, -0.2) is 50.7 Å². The first-order valence-corrected chi connectivity index (χ1v) is 11.9. The summed E-state index contributed by atoms with van der Waals surface area (Å²) in [5, 5.41) is 14.5. The molecule has 34 heavy (non-hydrogen) atoms. The zero-order valence-corrected chi connectivity index (χ0v) is 21.5. The van der Waals surface area contributed by atoms with Crippen molar-refractivity contribution >= 4 is 46.0 Å². The lowest BCUT2D eigenvalue weighted by molar-refractivity contribution is 0.340. The van der Waals surface area contributed by atoms with E-state index >= 15 is 0 Å². The minimum absolute atomic E-state index is 0.138. The van der Waals surface area contributed by atoms with Gasteiger partial charge in [-0.3, -0.25) is 0 Å². The van der Waals surface area contributed by atoms with Gasteiger partial charge in [0.15, 0.2) is 33.2 Å². The molecule has 1 saturated carbocycles. The van der Waals surface area contributed by atoms with Gasteiger partial charge in [-0.15, -0.1) is 0 Å². The standard InChI is InChI=1S/C24H32N4O4S2/c1-29-19-11-9-15(13-21(19)31-3)25-23(33)27-17-7-5-6-8-18(17)28-24(34)26-16-10-12-20(30-2)22(14-16)32-4/h9-14,17-18H,5-8H2,1-4H3,(H2,25,27,33)(H2,26,28,34)/t17-,18-/m1/s1. The maximum atomic E-state index is 5.58. The van der Waals surface area contributed by atoms with E-state index < -0.39 is 0 Å². The molecule has 3 rings (SSSR count). The van der Waals surface area contributed by atoms with Gasteiger partial charge >= 0.3 is 0 Å². The Morgan fingerprint density at radius 2 is 1.03 bits per heavy atom. The van der Waals surface area contributed by atoms with Crippen LogP contribution in [0.3, 0.4) is 0 Å². The third kappa shape index (κ3) is 6.77. The summed E-state index contributed by atoms with van der Waals surface area (Å²) >= 11 is 11.2. The van der Waals surface area contributed by atoms with Gasteiger partial charge in [0.2, 0.25) is 0 Å². The van der Waals surface area contributed by atoms with E-state index in [2.05, 4.69) is 21.3 Å². The molecule has 2 aromatic carbocycles. The number of methoxy groups -OCH3 is 4. The van der Waals surface area contributed by atoms with Crippen molar-refractivity contribution in [3.05, 3.63) is 36.4 Å². The van der Waals surface area contributed by atoms with Crippen molar-refractivity contribution in [1.29, 1.82) is 0 Å². The van der Waals surface area contributed by atoms with Gasteiger partial charge in [0.05, 0.1) is 28.4 Å². The quantitative estimate of drug-likeness (QED) is 0.390. The lowest BCUT2D eigenvalue weighted by atomic mass is 9.90. The van der Waals surface area contributed by atoms with Crippen LogP contribution in [0.2, 0.25) is 0 Å². The van der Waals surface area contributed by atoms with E-state index in [1.54, 1.807) is 28.4 Å². The van der Waals surface area contributed by atoms with Gasteiger partial charge in [-0.05, 0) is 61.5 Å². The van der Waals surface area contributed by atoms with Crippen LogP contribution in [0.25, 0.3) is 0 Å². The summed E-state index contributed by atoms with van der Waals surface area (Å²) in [6.45, 7) is 0. The van der Waals surface area contributed by atoms with Gasteiger partial charge in [-0.2, -0.15) is 0 Å². The Kier molecular flexibility index (Phi) is 9.41. The average molecular weight is 505 g/mol. The zero-order valence-electron chi connectivity index (χ0n) is 19.9. The molecule has 0 bridgehead atoms. The first kappa shape index (κ1) is 25.6. The Bertz CT molecular complexity index is 925. The predicted octanol–water partition coefficient (Wildman–Crippen LogP) is 4.31. The van der Waals surface area contributed by atoms with Gasteiger partial charge in [0.25, 0.3) is 0 Å². The van der Waals surface area contributed by atoms with Crippen LogP contribution in [0.1, 0.15) is 25.7 Å². The van der Waals surface area contributed by atoms with Crippen molar-refractivity contribution in [3.8, 4) is 23.0 Å². The number of benzene rings is 2. The van der Waals surface area contributed by atoms with Crippen LogP contribution in [0.15, 0.2) is 36.4 Å². The van der Waals surface area contributed by atoms with Crippen LogP contribution in [-0.2, 0) is 0 Å². The number of ether oxygens (including phenoxy) is 4. The molecular weight excluding hydrogens is 472 g/mol. The lowest BCUT2D eigenvalue weighted by Gasteiger charge is -2.34. The molecule has 184 valence electrons. The van der Waals surface area contributed by atoms with Crippen molar-refractivity contribution in [3.63, 3.8) is 0 Å². The summed E-state index contributed by atoms with van der Waals surface area (Å²) in [5.41, 5.74) is 1.64. The topological polar surface area (TPSA) is 85.0 Å². The molecule has 10 heteroatoms. The highest BCUT2D eigenvalue weighted by Crippen LogP contribution is 2.31. The summed E-state index contributed by atoms with van der Waals surface area (Å²) < 4.78 is 21.3. The summed E-state index contributed by atoms with van der Waals surface area (Å²) in [4.78, 5) is 0. The van der Waals surface area contributed by atoms with Crippen molar-refractivity contribution in [1.82, 2.24) is 10.6 Å². The van der Waals surface area contributed by atoms with Gasteiger partial charge in [-0.25, -0.2) is 0 Å². The molecule has 1 aliphatic carbocycles. The fourth-order valence-corrected chi connectivity index (χ4v) is 4.51. The van der Waals surface area contributed by atoms with E-state index in [9.17, 15) is 0 Å². The smallest absolute Gasteiger partial charge is 0.171 e. The molecule has 0 heterocycles. The molecule has 0 amide bonds. The average Bonchev–Trinajstić information content (AvgIpc) is 2.84. The molecule has 1 aliphatic rings. The maximum Gasteiger partial charge on any atom is 0.171 e. The number of thiocarbonyl (C=S) groups is 2. The first-order valence-electron chi connectivity index (χ1n) is 11.1. The highest BCUT2D eigenvalue weighted by molar-refractivity contribution is 7.80. The van der Waals surface area contributed by atoms with E-state index in [1.165, 1.54) is 0 Å². The first-order chi connectivity index (χ1) is 16.5. The van der Waals surface area contributed by atoms with E-state index in [4.69, 9.17) is 43.4 Å². The molecular formula is C24H32N4O4S2. The molecule has 4 N–H and O–H groups in total. The third-order valence-electron chi connectivity index (χ3n) is 5.68. The second-order valence-electron chi connectivity index (χ2n) is 7.83. The fraction of sp³-hybridized carbons (Fsp3) is 0.417. The van der Waals surface area contributed by atoms with E-state index in [0.29, 0.717) is 33.2 Å². The van der Waals surface area contributed by atoms with E-state index in [-0.39, 0.29) is 12.1 Å². The fourth-order valence-electron chi connectivity index (χ4n) is 3.98. The predicted molar refractivity (Wildman–Crippen MR) is 144 cm³/mol. The molecule has 8 nitrogen and oxygen atoms in total. The van der Waals surface area contributed by atoms with Crippen molar-refractivity contribution < 1.29 is 18.9 Å². The molecule has 0 radical (unpaired) electrons. The van der Waals surface area contributed by atoms with Gasteiger partial charge < -0.3 is 40.2 Å². The second kappa shape index (κ2) is 12.5. The molecule has 0 aromatic heterocycles. The van der Waals surface area contributed by atoms with E-state index in [1.807, 2.05) is 36.4 Å². The minimum atomic E-state index is 0.138. The summed E-state index contributed by atoms with van der Waals surface area (Å²) in [5.74, 6) is 2.61. The van der Waals surface area contributed by atoms with Gasteiger partial charge in [0.1, 0.15) is 0 Å². The number of anilines is 2. The number of rotatable bonds is 8. The largest absolute Gasteiger partial charge is 0.493 e. The Morgan fingerprint density at radius 1 is 0.647 bits per heavy atom. The minimum Gasteiger partial charge on any atom is -0.493 e. The normalized spacial score (nSPS) is 17.2. The molecule has 2 aromatic rings. The van der Waals surface area contributed by atoms with Crippen LogP contribution < -0.4 is 40.2 Å². The Balaban J connectivity index is 1.58. The summed E-state index contributed by atoms with van der Waals surface area (Å²) in [6.07, 6.45) is 4.24.